The molecule has 1 aliphatic rings. The molecule has 0 unspecified atom stereocenters. The van der Waals surface area contributed by atoms with Crippen LogP contribution in [0.5, 0.6) is 0 Å². The number of rotatable bonds is 4. The highest BCUT2D eigenvalue weighted by Crippen LogP contribution is 2.35. The topological polar surface area (TPSA) is 42.3 Å². The molecule has 2 aromatic carbocycles. The third-order valence-electron chi connectivity index (χ3n) is 4.64. The lowest BCUT2D eigenvalue weighted by molar-refractivity contribution is -0.123. The van der Waals surface area contributed by atoms with Gasteiger partial charge in [0, 0.05) is 35.2 Å². The van der Waals surface area contributed by atoms with Crippen molar-refractivity contribution in [3.63, 3.8) is 0 Å². The molecule has 136 valence electrons. The van der Waals surface area contributed by atoms with Gasteiger partial charge in [0.15, 0.2) is 0 Å². The largest absolute Gasteiger partial charge is 0.342 e. The van der Waals surface area contributed by atoms with Crippen LogP contribution >= 0.6 is 11.8 Å². The van der Waals surface area contributed by atoms with Crippen LogP contribution in [0, 0.1) is 0 Å². The van der Waals surface area contributed by atoms with E-state index in [1.165, 1.54) is 10.5 Å². The Hall–Kier alpha value is -2.79. The Labute approximate surface area is 162 Å². The fourth-order valence-corrected chi connectivity index (χ4v) is 4.32. The molecule has 4 rings (SSSR count). The molecular formula is C22H20N2O2S. The van der Waals surface area contributed by atoms with Crippen LogP contribution in [-0.2, 0) is 11.3 Å². The van der Waals surface area contributed by atoms with Gasteiger partial charge in [-0.3, -0.25) is 14.5 Å². The van der Waals surface area contributed by atoms with E-state index in [4.69, 9.17) is 0 Å². The summed E-state index contributed by atoms with van der Waals surface area (Å²) < 4.78 is 2.18. The Morgan fingerprint density at radius 1 is 1.00 bits per heavy atom. The fourth-order valence-electron chi connectivity index (χ4n) is 3.37. The second kappa shape index (κ2) is 7.08. The number of benzene rings is 2. The van der Waals surface area contributed by atoms with E-state index < -0.39 is 0 Å². The second-order valence-corrected chi connectivity index (χ2v) is 7.85. The average molecular weight is 376 g/mol. The van der Waals surface area contributed by atoms with Crippen molar-refractivity contribution >= 4 is 39.9 Å². The number of carbonyl (C=O) groups is 2. The van der Waals surface area contributed by atoms with Crippen molar-refractivity contribution in [3.05, 3.63) is 76.8 Å². The molecule has 27 heavy (non-hydrogen) atoms. The molecule has 0 aliphatic carbocycles. The number of hydrogen-bond donors (Lipinski definition) is 0. The summed E-state index contributed by atoms with van der Waals surface area (Å²) in [7, 11) is 0. The zero-order valence-corrected chi connectivity index (χ0v) is 16.1. The zero-order chi connectivity index (χ0) is 19.0. The van der Waals surface area contributed by atoms with Crippen LogP contribution in [0.1, 0.15) is 25.0 Å². The Morgan fingerprint density at radius 2 is 1.70 bits per heavy atom. The number of imide groups is 1. The first kappa shape index (κ1) is 17.6. The van der Waals surface area contributed by atoms with E-state index in [-0.39, 0.29) is 17.2 Å². The second-order valence-electron chi connectivity index (χ2n) is 6.86. The molecular weight excluding hydrogens is 356 g/mol. The molecule has 1 saturated heterocycles. The van der Waals surface area contributed by atoms with E-state index in [0.29, 0.717) is 4.91 Å². The van der Waals surface area contributed by atoms with Crippen molar-refractivity contribution in [1.29, 1.82) is 0 Å². The molecule has 0 spiro atoms. The lowest BCUT2D eigenvalue weighted by atomic mass is 10.1. The van der Waals surface area contributed by atoms with E-state index in [2.05, 4.69) is 35.0 Å². The van der Waals surface area contributed by atoms with Gasteiger partial charge in [0.1, 0.15) is 0 Å². The van der Waals surface area contributed by atoms with Crippen LogP contribution in [0.4, 0.5) is 4.79 Å². The summed E-state index contributed by atoms with van der Waals surface area (Å²) in [6, 6.07) is 18.3. The first-order valence-electron chi connectivity index (χ1n) is 8.93. The Kier molecular flexibility index (Phi) is 4.62. The molecule has 3 aromatic rings. The summed E-state index contributed by atoms with van der Waals surface area (Å²) >= 11 is 1.02. The lowest BCUT2D eigenvalue weighted by Gasteiger charge is -2.16. The standard InChI is InChI=1S/C22H20N2O2S/c1-15(2)24-21(25)20(27-22(24)26)12-17-14-23(13-16-8-4-3-5-9-16)19-11-7-6-10-18(17)19/h3-12,14-15H,13H2,1-2H3/b20-12-. The fraction of sp³-hybridized carbons (Fsp3) is 0.182. The Morgan fingerprint density at radius 3 is 2.41 bits per heavy atom. The number of para-hydroxylation sites is 1. The van der Waals surface area contributed by atoms with Gasteiger partial charge in [0.2, 0.25) is 0 Å². The third-order valence-corrected chi connectivity index (χ3v) is 5.53. The minimum absolute atomic E-state index is 0.136. The van der Waals surface area contributed by atoms with Crippen molar-refractivity contribution in [1.82, 2.24) is 9.47 Å². The molecule has 5 heteroatoms. The summed E-state index contributed by atoms with van der Waals surface area (Å²) in [5.41, 5.74) is 3.27. The van der Waals surface area contributed by atoms with Crippen molar-refractivity contribution in [3.8, 4) is 0 Å². The number of amides is 2. The molecule has 1 aliphatic heterocycles. The van der Waals surface area contributed by atoms with Crippen molar-refractivity contribution < 1.29 is 9.59 Å². The van der Waals surface area contributed by atoms with Gasteiger partial charge in [-0.15, -0.1) is 0 Å². The van der Waals surface area contributed by atoms with Gasteiger partial charge in [-0.1, -0.05) is 48.5 Å². The van der Waals surface area contributed by atoms with Crippen molar-refractivity contribution in [2.24, 2.45) is 0 Å². The minimum Gasteiger partial charge on any atom is -0.342 e. The van der Waals surface area contributed by atoms with Gasteiger partial charge in [0.25, 0.3) is 11.1 Å². The van der Waals surface area contributed by atoms with Gasteiger partial charge < -0.3 is 4.57 Å². The van der Waals surface area contributed by atoms with Crippen LogP contribution < -0.4 is 0 Å². The maximum absolute atomic E-state index is 12.6. The summed E-state index contributed by atoms with van der Waals surface area (Å²) in [4.78, 5) is 26.6. The quantitative estimate of drug-likeness (QED) is 0.593. The van der Waals surface area contributed by atoms with Crippen LogP contribution in [0.3, 0.4) is 0 Å². The molecule has 1 aromatic heterocycles. The zero-order valence-electron chi connectivity index (χ0n) is 15.3. The number of aromatic nitrogens is 1. The summed E-state index contributed by atoms with van der Waals surface area (Å²) in [6.07, 6.45) is 3.90. The van der Waals surface area contributed by atoms with Gasteiger partial charge in [-0.2, -0.15) is 0 Å². The molecule has 0 bridgehead atoms. The maximum Gasteiger partial charge on any atom is 0.293 e. The minimum atomic E-state index is -0.208. The summed E-state index contributed by atoms with van der Waals surface area (Å²) in [5.74, 6) is -0.208. The number of nitrogens with zero attached hydrogens (tertiary/aromatic N) is 2. The molecule has 0 saturated carbocycles. The first-order valence-corrected chi connectivity index (χ1v) is 9.75. The van der Waals surface area contributed by atoms with E-state index >= 15 is 0 Å². The monoisotopic (exact) mass is 376 g/mol. The van der Waals surface area contributed by atoms with Gasteiger partial charge in [0.05, 0.1) is 4.91 Å². The molecule has 0 N–H and O–H groups in total. The Balaban J connectivity index is 1.75. The Bertz CT molecular complexity index is 1050. The first-order chi connectivity index (χ1) is 13.0. The summed E-state index contributed by atoms with van der Waals surface area (Å²) in [5, 5.41) is 0.874. The SMILES string of the molecule is CC(C)N1C(=O)S/C(=C\c2cn(Cc3ccccc3)c3ccccc23)C1=O. The molecule has 1 fully saturated rings. The molecule has 0 radical (unpaired) electrons. The van der Waals surface area contributed by atoms with Gasteiger partial charge in [-0.05, 0) is 43.3 Å². The van der Waals surface area contributed by atoms with Crippen LogP contribution in [0.2, 0.25) is 0 Å². The number of hydrogen-bond acceptors (Lipinski definition) is 3. The smallest absolute Gasteiger partial charge is 0.293 e. The van der Waals surface area contributed by atoms with E-state index in [1.807, 2.05) is 50.3 Å². The van der Waals surface area contributed by atoms with Gasteiger partial charge in [-0.25, -0.2) is 0 Å². The predicted octanol–water partition coefficient (Wildman–Crippen LogP) is 5.13. The van der Waals surface area contributed by atoms with Crippen LogP contribution in [0.15, 0.2) is 65.7 Å². The average Bonchev–Trinajstić information content (AvgIpc) is 3.13. The highest BCUT2D eigenvalue weighted by molar-refractivity contribution is 8.18. The predicted molar refractivity (Wildman–Crippen MR) is 110 cm³/mol. The van der Waals surface area contributed by atoms with E-state index in [0.717, 1.165) is 34.8 Å². The van der Waals surface area contributed by atoms with Crippen molar-refractivity contribution in [2.45, 2.75) is 26.4 Å². The molecule has 2 heterocycles. The highest BCUT2D eigenvalue weighted by Gasteiger charge is 2.36. The van der Waals surface area contributed by atoms with E-state index in [9.17, 15) is 9.59 Å². The molecule has 0 atom stereocenters. The number of fused-ring (bicyclic) bond motifs is 1. The number of carbonyl (C=O) groups excluding carboxylic acids is 2. The lowest BCUT2D eigenvalue weighted by Crippen LogP contribution is -2.34. The third kappa shape index (κ3) is 3.30. The number of thioether (sulfide) groups is 1. The van der Waals surface area contributed by atoms with Crippen molar-refractivity contribution in [2.75, 3.05) is 0 Å². The summed E-state index contributed by atoms with van der Waals surface area (Å²) in [6.45, 7) is 4.46. The molecule has 2 amide bonds. The maximum atomic E-state index is 12.6. The van der Waals surface area contributed by atoms with Crippen LogP contribution in [-0.4, -0.2) is 26.7 Å². The molecule has 4 nitrogen and oxygen atoms in total. The van der Waals surface area contributed by atoms with Gasteiger partial charge >= 0.3 is 0 Å². The van der Waals surface area contributed by atoms with Crippen LogP contribution in [0.25, 0.3) is 17.0 Å². The highest BCUT2D eigenvalue weighted by atomic mass is 32.2. The van der Waals surface area contributed by atoms with E-state index in [1.54, 1.807) is 0 Å². The normalized spacial score (nSPS) is 16.3.